The Labute approximate surface area is 127 Å². The van der Waals surface area contributed by atoms with Gasteiger partial charge >= 0.3 is 0 Å². The number of hydrogen-bond acceptors (Lipinski definition) is 5. The maximum atomic E-state index is 11.7. The molecule has 2 aromatic rings. The largest absolute Gasteiger partial charge is 0.491 e. The number of benzene rings is 1. The minimum Gasteiger partial charge on any atom is -0.491 e. The minimum absolute atomic E-state index is 0.168. The molecule has 21 heavy (non-hydrogen) atoms. The van der Waals surface area contributed by atoms with Crippen LogP contribution in [0, 0.1) is 0 Å². The monoisotopic (exact) mass is 306 g/mol. The maximum absolute atomic E-state index is 11.7. The van der Waals surface area contributed by atoms with E-state index in [-0.39, 0.29) is 25.5 Å². The zero-order valence-corrected chi connectivity index (χ0v) is 12.3. The van der Waals surface area contributed by atoms with Crippen LogP contribution in [0.5, 0.6) is 5.75 Å². The number of aliphatic hydroxyl groups is 1. The highest BCUT2D eigenvalue weighted by Gasteiger charge is 2.10. The molecule has 0 aliphatic rings. The highest BCUT2D eigenvalue weighted by atomic mass is 32.1. The summed E-state index contributed by atoms with van der Waals surface area (Å²) < 4.78 is 5.44. The smallest absolute Gasteiger partial charge is 0.223 e. The van der Waals surface area contributed by atoms with Crippen LogP contribution < -0.4 is 15.8 Å². The summed E-state index contributed by atoms with van der Waals surface area (Å²) >= 11 is 1.51. The predicted molar refractivity (Wildman–Crippen MR) is 83.3 cm³/mol. The Morgan fingerprint density at radius 3 is 2.90 bits per heavy atom. The Kier molecular flexibility index (Phi) is 5.59. The van der Waals surface area contributed by atoms with Gasteiger partial charge in [0.15, 0.2) is 0 Å². The average molecular weight is 306 g/mol. The van der Waals surface area contributed by atoms with Gasteiger partial charge in [0.2, 0.25) is 5.91 Å². The summed E-state index contributed by atoms with van der Waals surface area (Å²) in [7, 11) is 0. The van der Waals surface area contributed by atoms with E-state index in [9.17, 15) is 9.90 Å². The number of para-hydroxylation sites is 2. The Bertz CT molecular complexity index is 572. The molecule has 1 unspecified atom stereocenters. The van der Waals surface area contributed by atoms with Crippen LogP contribution in [0.1, 0.15) is 18.1 Å². The molecule has 0 saturated heterocycles. The number of rotatable bonds is 7. The lowest BCUT2D eigenvalue weighted by molar-refractivity contribution is -0.122. The number of thiophene rings is 1. The van der Waals surface area contributed by atoms with Gasteiger partial charge in [-0.15, -0.1) is 0 Å². The summed E-state index contributed by atoms with van der Waals surface area (Å²) in [5.74, 6) is 0.405. The van der Waals surface area contributed by atoms with E-state index in [0.717, 1.165) is 5.56 Å². The number of anilines is 1. The van der Waals surface area contributed by atoms with E-state index in [1.54, 1.807) is 12.1 Å². The second-order valence-corrected chi connectivity index (χ2v) is 5.29. The van der Waals surface area contributed by atoms with Crippen molar-refractivity contribution in [2.24, 2.45) is 0 Å². The number of nitrogen functional groups attached to an aromatic ring is 1. The highest BCUT2D eigenvalue weighted by Crippen LogP contribution is 2.19. The van der Waals surface area contributed by atoms with Crippen molar-refractivity contribution in [3.63, 3.8) is 0 Å². The number of hydrogen-bond donors (Lipinski definition) is 3. The van der Waals surface area contributed by atoms with Gasteiger partial charge < -0.3 is 20.9 Å². The van der Waals surface area contributed by atoms with Gasteiger partial charge in [0.25, 0.3) is 0 Å². The van der Waals surface area contributed by atoms with Crippen LogP contribution >= 0.6 is 11.3 Å². The molecular weight excluding hydrogens is 288 g/mol. The SMILES string of the molecule is Nc1ccccc1OCCC(=O)NCC(O)c1ccsc1. The van der Waals surface area contributed by atoms with E-state index in [1.807, 2.05) is 29.0 Å². The fourth-order valence-corrected chi connectivity index (χ4v) is 2.45. The van der Waals surface area contributed by atoms with Gasteiger partial charge in [-0.1, -0.05) is 12.1 Å². The fraction of sp³-hybridized carbons (Fsp3) is 0.267. The summed E-state index contributed by atoms with van der Waals surface area (Å²) in [6, 6.07) is 8.98. The molecule has 5 nitrogen and oxygen atoms in total. The zero-order chi connectivity index (χ0) is 15.1. The molecule has 0 saturated carbocycles. The molecule has 0 aliphatic carbocycles. The molecule has 1 heterocycles. The number of nitrogens with one attached hydrogen (secondary N) is 1. The Balaban J connectivity index is 1.67. The van der Waals surface area contributed by atoms with Crippen LogP contribution in [0.3, 0.4) is 0 Å². The number of aliphatic hydroxyl groups excluding tert-OH is 1. The van der Waals surface area contributed by atoms with Gasteiger partial charge in [0.1, 0.15) is 5.75 Å². The van der Waals surface area contributed by atoms with Crippen LogP contribution in [0.4, 0.5) is 5.69 Å². The van der Waals surface area contributed by atoms with Gasteiger partial charge in [-0.3, -0.25) is 4.79 Å². The van der Waals surface area contributed by atoms with E-state index >= 15 is 0 Å². The molecule has 2 rings (SSSR count). The molecule has 1 aromatic carbocycles. The molecule has 1 amide bonds. The molecular formula is C15H18N2O3S. The number of ether oxygens (including phenoxy) is 1. The quantitative estimate of drug-likeness (QED) is 0.683. The fourth-order valence-electron chi connectivity index (χ4n) is 1.75. The minimum atomic E-state index is -0.675. The Morgan fingerprint density at radius 1 is 1.38 bits per heavy atom. The third-order valence-corrected chi connectivity index (χ3v) is 3.63. The molecule has 0 aliphatic heterocycles. The third-order valence-electron chi connectivity index (χ3n) is 2.93. The lowest BCUT2D eigenvalue weighted by Gasteiger charge is -2.11. The van der Waals surface area contributed by atoms with Crippen molar-refractivity contribution in [3.8, 4) is 5.75 Å². The Hall–Kier alpha value is -2.05. The van der Waals surface area contributed by atoms with Crippen LogP contribution in [0.25, 0.3) is 0 Å². The van der Waals surface area contributed by atoms with Gasteiger partial charge in [-0.25, -0.2) is 0 Å². The second kappa shape index (κ2) is 7.66. The first-order valence-corrected chi connectivity index (χ1v) is 7.55. The van der Waals surface area contributed by atoms with Crippen molar-refractivity contribution in [1.29, 1.82) is 0 Å². The van der Waals surface area contributed by atoms with E-state index in [4.69, 9.17) is 10.5 Å². The second-order valence-electron chi connectivity index (χ2n) is 4.51. The van der Waals surface area contributed by atoms with Crippen molar-refractivity contribution < 1.29 is 14.6 Å². The topological polar surface area (TPSA) is 84.6 Å². The van der Waals surface area contributed by atoms with Crippen LogP contribution in [-0.2, 0) is 4.79 Å². The first-order valence-electron chi connectivity index (χ1n) is 6.61. The maximum Gasteiger partial charge on any atom is 0.223 e. The molecule has 0 radical (unpaired) electrons. The molecule has 0 spiro atoms. The van der Waals surface area contributed by atoms with Crippen LogP contribution in [-0.4, -0.2) is 24.2 Å². The molecule has 1 aromatic heterocycles. The summed E-state index contributed by atoms with van der Waals surface area (Å²) in [5, 5.41) is 16.3. The van der Waals surface area contributed by atoms with Crippen LogP contribution in [0.15, 0.2) is 41.1 Å². The van der Waals surface area contributed by atoms with E-state index in [1.165, 1.54) is 11.3 Å². The van der Waals surface area contributed by atoms with Crippen molar-refractivity contribution in [1.82, 2.24) is 5.32 Å². The summed E-state index contributed by atoms with van der Waals surface area (Å²) in [6.45, 7) is 0.442. The van der Waals surface area contributed by atoms with Gasteiger partial charge in [-0.2, -0.15) is 11.3 Å². The lowest BCUT2D eigenvalue weighted by Crippen LogP contribution is -2.29. The normalized spacial score (nSPS) is 11.9. The predicted octanol–water partition coefficient (Wildman–Crippen LogP) is 1.95. The molecule has 0 fully saturated rings. The zero-order valence-electron chi connectivity index (χ0n) is 11.5. The summed E-state index contributed by atoms with van der Waals surface area (Å²) in [4.78, 5) is 11.7. The summed E-state index contributed by atoms with van der Waals surface area (Å²) in [5.41, 5.74) is 7.09. The molecule has 112 valence electrons. The van der Waals surface area contributed by atoms with E-state index in [2.05, 4.69) is 5.32 Å². The Morgan fingerprint density at radius 2 is 2.19 bits per heavy atom. The van der Waals surface area contributed by atoms with Crippen molar-refractivity contribution in [2.75, 3.05) is 18.9 Å². The number of carbonyl (C=O) groups excluding carboxylic acids is 1. The van der Waals surface area contributed by atoms with Crippen LogP contribution in [0.2, 0.25) is 0 Å². The first-order chi connectivity index (χ1) is 10.2. The van der Waals surface area contributed by atoms with E-state index in [0.29, 0.717) is 11.4 Å². The van der Waals surface area contributed by atoms with Gasteiger partial charge in [-0.05, 0) is 34.5 Å². The number of nitrogens with two attached hydrogens (primary N) is 1. The highest BCUT2D eigenvalue weighted by molar-refractivity contribution is 7.07. The standard InChI is InChI=1S/C15H18N2O3S/c16-12-3-1-2-4-14(12)20-7-5-15(19)17-9-13(18)11-6-8-21-10-11/h1-4,6,8,10,13,18H,5,7,9,16H2,(H,17,19). The van der Waals surface area contributed by atoms with Gasteiger partial charge in [0, 0.05) is 6.54 Å². The van der Waals surface area contributed by atoms with Crippen molar-refractivity contribution in [2.45, 2.75) is 12.5 Å². The molecule has 0 bridgehead atoms. The summed E-state index contributed by atoms with van der Waals surface area (Å²) in [6.07, 6.45) is -0.462. The van der Waals surface area contributed by atoms with Gasteiger partial charge in [0.05, 0.1) is 24.8 Å². The molecule has 1 atom stereocenters. The molecule has 4 N–H and O–H groups in total. The van der Waals surface area contributed by atoms with Crippen molar-refractivity contribution >= 4 is 22.9 Å². The average Bonchev–Trinajstić information content (AvgIpc) is 3.01. The first kappa shape index (κ1) is 15.3. The lowest BCUT2D eigenvalue weighted by atomic mass is 10.2. The number of amides is 1. The third kappa shape index (κ3) is 4.77. The van der Waals surface area contributed by atoms with E-state index < -0.39 is 6.10 Å². The number of carbonyl (C=O) groups is 1. The van der Waals surface area contributed by atoms with Crippen molar-refractivity contribution in [3.05, 3.63) is 46.7 Å². The molecule has 6 heteroatoms.